The first-order valence-electron chi connectivity index (χ1n) is 12.0. The number of fused-ring (bicyclic) bond motifs is 3. The summed E-state index contributed by atoms with van der Waals surface area (Å²) in [6.45, 7) is 1.14. The van der Waals surface area contributed by atoms with Crippen molar-refractivity contribution in [1.29, 1.82) is 5.26 Å². The number of pyridine rings is 1. The van der Waals surface area contributed by atoms with Gasteiger partial charge in [-0.3, -0.25) is 9.47 Å². The van der Waals surface area contributed by atoms with Crippen molar-refractivity contribution in [3.8, 4) is 6.07 Å². The number of nitriles is 1. The van der Waals surface area contributed by atoms with Crippen LogP contribution in [-0.4, -0.2) is 33.6 Å². The zero-order valence-electron chi connectivity index (χ0n) is 20.6. The first-order chi connectivity index (χ1) is 19.2. The lowest BCUT2D eigenvalue weighted by Gasteiger charge is -2.27. The molecule has 12 heteroatoms. The second-order valence-electron chi connectivity index (χ2n) is 9.12. The van der Waals surface area contributed by atoms with E-state index >= 15 is 0 Å². The minimum Gasteiger partial charge on any atom is -0.333 e. The van der Waals surface area contributed by atoms with Crippen molar-refractivity contribution in [2.24, 2.45) is 0 Å². The second kappa shape index (κ2) is 11.1. The first kappa shape index (κ1) is 27.3. The smallest absolute Gasteiger partial charge is 0.326 e. The van der Waals surface area contributed by atoms with Crippen molar-refractivity contribution in [2.45, 2.75) is 19.5 Å². The molecule has 2 aromatic heterocycles. The van der Waals surface area contributed by atoms with Crippen LogP contribution in [0.5, 0.6) is 0 Å². The summed E-state index contributed by atoms with van der Waals surface area (Å²) in [6, 6.07) is 10.1. The molecule has 0 bridgehead atoms. The Kier molecular flexibility index (Phi) is 7.56. The molecule has 1 N–H and O–H groups in total. The fourth-order valence-corrected chi connectivity index (χ4v) is 4.96. The Morgan fingerprint density at radius 3 is 2.50 bits per heavy atom. The summed E-state index contributed by atoms with van der Waals surface area (Å²) in [5.74, 6) is -10.0. The van der Waals surface area contributed by atoms with Gasteiger partial charge in [0.05, 0.1) is 22.7 Å². The van der Waals surface area contributed by atoms with E-state index in [-0.39, 0.29) is 13.1 Å². The van der Waals surface area contributed by atoms with Crippen molar-refractivity contribution in [2.75, 3.05) is 13.1 Å². The molecule has 0 spiro atoms. The highest BCUT2D eigenvalue weighted by atomic mass is 35.5. The predicted octanol–water partition coefficient (Wildman–Crippen LogP) is 6.09. The van der Waals surface area contributed by atoms with Gasteiger partial charge in [-0.1, -0.05) is 29.8 Å². The predicted molar refractivity (Wildman–Crippen MR) is 138 cm³/mol. The van der Waals surface area contributed by atoms with Gasteiger partial charge in [0.15, 0.2) is 23.3 Å². The number of carbonyl (C=O) groups is 1. The number of hydrogen-bond donors (Lipinski definition) is 1. The van der Waals surface area contributed by atoms with Gasteiger partial charge in [0.1, 0.15) is 5.15 Å². The van der Waals surface area contributed by atoms with Gasteiger partial charge in [-0.05, 0) is 35.4 Å². The van der Waals surface area contributed by atoms with Crippen molar-refractivity contribution in [3.63, 3.8) is 0 Å². The molecule has 2 aromatic carbocycles. The van der Waals surface area contributed by atoms with Crippen LogP contribution in [0, 0.1) is 40.4 Å². The van der Waals surface area contributed by atoms with E-state index in [0.717, 1.165) is 28.3 Å². The van der Waals surface area contributed by atoms with E-state index in [1.165, 1.54) is 16.8 Å². The van der Waals surface area contributed by atoms with Gasteiger partial charge in [0.25, 0.3) is 0 Å². The molecular formula is C28H19ClF5N5O. The van der Waals surface area contributed by atoms with Crippen LogP contribution in [0.3, 0.4) is 0 Å². The zero-order chi connectivity index (χ0) is 28.6. The number of rotatable bonds is 5. The minimum absolute atomic E-state index is 0.150. The number of nitrogens with zero attached hydrogens (tertiary/aromatic N) is 4. The van der Waals surface area contributed by atoms with E-state index in [2.05, 4.69) is 16.4 Å². The summed E-state index contributed by atoms with van der Waals surface area (Å²) in [4.78, 5) is 19.2. The SMILES string of the molecule is N#Cc1ccc2c3c(n(C(=O)NCc4ccnc(Cl)c4)c2c1)CCN(C/C=C/c1c(F)c(F)c(F)c(F)c1F)C3. The van der Waals surface area contributed by atoms with Crippen LogP contribution in [0.15, 0.2) is 42.6 Å². The standard InChI is InChI=1S/C28H19ClF5N5O/c29-22-11-16(5-7-36-22)13-37-28(40)39-20-6-9-38(14-19(20)17-4-3-15(12-35)10-21(17)39)8-1-2-18-23(30)25(32)27(34)26(33)24(18)31/h1-5,7,10-11H,6,8-9,13-14H2,(H,37,40)/b2-1+. The van der Waals surface area contributed by atoms with Crippen LogP contribution in [-0.2, 0) is 19.5 Å². The van der Waals surface area contributed by atoms with Gasteiger partial charge in [0, 0.05) is 49.9 Å². The lowest BCUT2D eigenvalue weighted by Crippen LogP contribution is -2.34. The Labute approximate surface area is 229 Å². The summed E-state index contributed by atoms with van der Waals surface area (Å²) in [5, 5.41) is 13.3. The van der Waals surface area contributed by atoms with Gasteiger partial charge < -0.3 is 5.32 Å². The number of carbonyl (C=O) groups excluding carboxylic acids is 1. The number of aromatic nitrogens is 2. The highest BCUT2D eigenvalue weighted by Crippen LogP contribution is 2.32. The molecule has 0 radical (unpaired) electrons. The summed E-state index contributed by atoms with van der Waals surface area (Å²) >= 11 is 5.93. The maximum absolute atomic E-state index is 14.0. The van der Waals surface area contributed by atoms with Crippen molar-refractivity contribution in [1.82, 2.24) is 19.8 Å². The minimum atomic E-state index is -2.21. The highest BCUT2D eigenvalue weighted by molar-refractivity contribution is 6.29. The normalized spacial score (nSPS) is 13.5. The molecule has 1 aliphatic heterocycles. The number of benzene rings is 2. The summed E-state index contributed by atoms with van der Waals surface area (Å²) < 4.78 is 69.9. The molecule has 1 amide bonds. The molecule has 3 heterocycles. The number of amides is 1. The number of halogens is 6. The number of nitrogens with one attached hydrogen (secondary N) is 1. The Morgan fingerprint density at radius 1 is 1.07 bits per heavy atom. The highest BCUT2D eigenvalue weighted by Gasteiger charge is 2.27. The second-order valence-corrected chi connectivity index (χ2v) is 9.51. The topological polar surface area (TPSA) is 74.0 Å². The van der Waals surface area contributed by atoms with E-state index in [1.807, 2.05) is 4.90 Å². The molecule has 0 fully saturated rings. The molecule has 40 heavy (non-hydrogen) atoms. The molecule has 0 aliphatic carbocycles. The third-order valence-corrected chi connectivity index (χ3v) is 6.89. The average molecular weight is 572 g/mol. The number of hydrogen-bond acceptors (Lipinski definition) is 4. The molecule has 0 atom stereocenters. The molecule has 0 saturated heterocycles. The average Bonchev–Trinajstić information content (AvgIpc) is 3.28. The van der Waals surface area contributed by atoms with Gasteiger partial charge in [-0.15, -0.1) is 0 Å². The lowest BCUT2D eigenvalue weighted by atomic mass is 10.0. The van der Waals surface area contributed by atoms with Gasteiger partial charge in [0.2, 0.25) is 5.82 Å². The first-order valence-corrected chi connectivity index (χ1v) is 12.4. The van der Waals surface area contributed by atoms with Gasteiger partial charge in [-0.2, -0.15) is 5.26 Å². The third-order valence-electron chi connectivity index (χ3n) is 6.69. The summed E-state index contributed by atoms with van der Waals surface area (Å²) in [5.41, 5.74) is 2.24. The molecule has 5 rings (SSSR count). The summed E-state index contributed by atoms with van der Waals surface area (Å²) in [7, 11) is 0. The fraction of sp³-hybridized carbons (Fsp3) is 0.179. The summed E-state index contributed by atoms with van der Waals surface area (Å²) in [6.07, 6.45) is 4.15. The molecular weight excluding hydrogens is 553 g/mol. The molecule has 6 nitrogen and oxygen atoms in total. The van der Waals surface area contributed by atoms with Crippen LogP contribution in [0.1, 0.15) is 27.9 Å². The van der Waals surface area contributed by atoms with E-state index < -0.39 is 40.7 Å². The van der Waals surface area contributed by atoms with Gasteiger partial charge >= 0.3 is 6.03 Å². The maximum atomic E-state index is 14.0. The Balaban J connectivity index is 1.41. The van der Waals surface area contributed by atoms with Gasteiger partial charge in [-0.25, -0.2) is 31.7 Å². The van der Waals surface area contributed by atoms with Crippen molar-refractivity contribution >= 4 is 34.6 Å². The maximum Gasteiger partial charge on any atom is 0.326 e. The molecule has 4 aromatic rings. The van der Waals surface area contributed by atoms with E-state index in [0.29, 0.717) is 35.7 Å². The van der Waals surface area contributed by atoms with Crippen LogP contribution in [0.2, 0.25) is 5.15 Å². The van der Waals surface area contributed by atoms with E-state index in [1.54, 1.807) is 30.3 Å². The van der Waals surface area contributed by atoms with Crippen molar-refractivity contribution < 1.29 is 26.7 Å². The monoisotopic (exact) mass is 571 g/mol. The molecule has 1 aliphatic rings. The Hall–Kier alpha value is -4.27. The van der Waals surface area contributed by atoms with E-state index in [9.17, 15) is 32.0 Å². The van der Waals surface area contributed by atoms with Crippen molar-refractivity contribution in [3.05, 3.63) is 105 Å². The van der Waals surface area contributed by atoms with Crippen LogP contribution >= 0.6 is 11.6 Å². The fourth-order valence-electron chi connectivity index (χ4n) is 4.77. The lowest BCUT2D eigenvalue weighted by molar-refractivity contribution is 0.240. The quantitative estimate of drug-likeness (QED) is 0.136. The Morgan fingerprint density at radius 2 is 1.80 bits per heavy atom. The molecule has 204 valence electrons. The van der Waals surface area contributed by atoms with Crippen LogP contribution < -0.4 is 5.32 Å². The molecule has 0 unspecified atom stereocenters. The van der Waals surface area contributed by atoms with Crippen LogP contribution in [0.25, 0.3) is 17.0 Å². The van der Waals surface area contributed by atoms with Crippen LogP contribution in [0.4, 0.5) is 26.7 Å². The largest absolute Gasteiger partial charge is 0.333 e. The Bertz CT molecular complexity index is 1700. The van der Waals surface area contributed by atoms with E-state index in [4.69, 9.17) is 11.6 Å². The zero-order valence-corrected chi connectivity index (χ0v) is 21.4. The third kappa shape index (κ3) is 5.03. The molecule has 0 saturated carbocycles.